The van der Waals surface area contributed by atoms with E-state index in [2.05, 4.69) is 24.4 Å². The predicted molar refractivity (Wildman–Crippen MR) is 85.8 cm³/mol. The van der Waals surface area contributed by atoms with Gasteiger partial charge in [-0.25, -0.2) is 0 Å². The first-order valence-corrected chi connectivity index (χ1v) is 8.29. The molecule has 0 saturated carbocycles. The number of fused-ring (bicyclic) bond motifs is 1. The molecule has 116 valence electrons. The number of hydrogen-bond acceptors (Lipinski definition) is 2. The Balaban J connectivity index is 1.71. The van der Waals surface area contributed by atoms with Crippen LogP contribution in [0.5, 0.6) is 0 Å². The van der Waals surface area contributed by atoms with Crippen molar-refractivity contribution in [1.29, 1.82) is 0 Å². The standard InChI is InChI=1S/C18H27NO2/c1-2-3-12-21-13-6-11-19-18(20)17-10-9-15-7-4-5-8-16(15)14-17/h9-10,14H,2-8,11-13H2,1H3,(H,19,20). The summed E-state index contributed by atoms with van der Waals surface area (Å²) >= 11 is 0. The number of nitrogens with one attached hydrogen (secondary N) is 1. The van der Waals surface area contributed by atoms with E-state index in [4.69, 9.17) is 4.74 Å². The lowest BCUT2D eigenvalue weighted by atomic mass is 9.90. The van der Waals surface area contributed by atoms with Crippen molar-refractivity contribution < 1.29 is 9.53 Å². The molecule has 1 amide bonds. The lowest BCUT2D eigenvalue weighted by molar-refractivity contribution is 0.0940. The molecule has 0 heterocycles. The molecule has 0 aromatic heterocycles. The zero-order valence-corrected chi connectivity index (χ0v) is 13.1. The average molecular weight is 289 g/mol. The van der Waals surface area contributed by atoms with Crippen LogP contribution >= 0.6 is 0 Å². The summed E-state index contributed by atoms with van der Waals surface area (Å²) in [5.74, 6) is 0.0388. The van der Waals surface area contributed by atoms with Crippen LogP contribution in [0.3, 0.4) is 0 Å². The number of amides is 1. The molecule has 0 saturated heterocycles. The maximum atomic E-state index is 12.1. The highest BCUT2D eigenvalue weighted by molar-refractivity contribution is 5.94. The summed E-state index contributed by atoms with van der Waals surface area (Å²) in [7, 11) is 0. The van der Waals surface area contributed by atoms with Gasteiger partial charge in [0.05, 0.1) is 0 Å². The fourth-order valence-electron chi connectivity index (χ4n) is 2.70. The van der Waals surface area contributed by atoms with Gasteiger partial charge in [0.15, 0.2) is 0 Å². The Morgan fingerprint density at radius 3 is 2.71 bits per heavy atom. The minimum Gasteiger partial charge on any atom is -0.381 e. The average Bonchev–Trinajstić information content (AvgIpc) is 2.53. The van der Waals surface area contributed by atoms with E-state index in [1.165, 1.54) is 24.0 Å². The van der Waals surface area contributed by atoms with Crippen LogP contribution in [0.1, 0.15) is 60.5 Å². The zero-order valence-electron chi connectivity index (χ0n) is 13.1. The minimum absolute atomic E-state index is 0.0388. The number of carbonyl (C=O) groups is 1. The molecule has 1 aromatic rings. The van der Waals surface area contributed by atoms with Crippen LogP contribution in [-0.4, -0.2) is 25.7 Å². The topological polar surface area (TPSA) is 38.3 Å². The van der Waals surface area contributed by atoms with Crippen molar-refractivity contribution in [2.75, 3.05) is 19.8 Å². The molecule has 0 spiro atoms. The van der Waals surface area contributed by atoms with E-state index in [9.17, 15) is 4.79 Å². The SMILES string of the molecule is CCCCOCCCNC(=O)c1ccc2c(c1)CCCC2. The molecule has 3 heteroatoms. The lowest BCUT2D eigenvalue weighted by Crippen LogP contribution is -2.25. The Bertz CT molecular complexity index is 457. The smallest absolute Gasteiger partial charge is 0.251 e. The summed E-state index contributed by atoms with van der Waals surface area (Å²) in [4.78, 5) is 12.1. The fourth-order valence-corrected chi connectivity index (χ4v) is 2.70. The van der Waals surface area contributed by atoms with Gasteiger partial charge in [-0.05, 0) is 61.8 Å². The van der Waals surface area contributed by atoms with Crippen LogP contribution in [0.15, 0.2) is 18.2 Å². The van der Waals surface area contributed by atoms with E-state index in [1.54, 1.807) is 0 Å². The molecule has 0 unspecified atom stereocenters. The number of carbonyl (C=O) groups excluding carboxylic acids is 1. The molecule has 1 aliphatic carbocycles. The predicted octanol–water partition coefficient (Wildman–Crippen LogP) is 3.50. The summed E-state index contributed by atoms with van der Waals surface area (Å²) in [5.41, 5.74) is 3.57. The Hall–Kier alpha value is -1.35. The number of unbranched alkanes of at least 4 members (excludes halogenated alkanes) is 1. The summed E-state index contributed by atoms with van der Waals surface area (Å²) in [5, 5.41) is 2.98. The molecule has 21 heavy (non-hydrogen) atoms. The molecule has 2 rings (SSSR count). The highest BCUT2D eigenvalue weighted by Crippen LogP contribution is 2.22. The first-order valence-electron chi connectivity index (χ1n) is 8.29. The van der Waals surface area contributed by atoms with Crippen molar-refractivity contribution in [2.45, 2.75) is 51.9 Å². The van der Waals surface area contributed by atoms with Crippen LogP contribution in [-0.2, 0) is 17.6 Å². The van der Waals surface area contributed by atoms with Gasteiger partial charge in [-0.1, -0.05) is 19.4 Å². The zero-order chi connectivity index (χ0) is 14.9. The highest BCUT2D eigenvalue weighted by Gasteiger charge is 2.12. The first kappa shape index (κ1) is 16.0. The van der Waals surface area contributed by atoms with Crippen molar-refractivity contribution in [3.05, 3.63) is 34.9 Å². The number of aryl methyl sites for hydroxylation is 2. The first-order chi connectivity index (χ1) is 10.3. The molecule has 0 aliphatic heterocycles. The van der Waals surface area contributed by atoms with Gasteiger partial charge in [-0.3, -0.25) is 4.79 Å². The minimum atomic E-state index is 0.0388. The maximum absolute atomic E-state index is 12.1. The molecule has 0 fully saturated rings. The van der Waals surface area contributed by atoms with Crippen LogP contribution in [0.25, 0.3) is 0 Å². The highest BCUT2D eigenvalue weighted by atomic mass is 16.5. The molecule has 0 atom stereocenters. The second kappa shape index (κ2) is 8.83. The molecule has 1 aromatic carbocycles. The van der Waals surface area contributed by atoms with Crippen LogP contribution in [0, 0.1) is 0 Å². The van der Waals surface area contributed by atoms with Crippen molar-refractivity contribution in [2.24, 2.45) is 0 Å². The summed E-state index contributed by atoms with van der Waals surface area (Å²) in [6.07, 6.45) is 7.94. The lowest BCUT2D eigenvalue weighted by Gasteiger charge is -2.16. The molecule has 0 radical (unpaired) electrons. The Morgan fingerprint density at radius 2 is 1.90 bits per heavy atom. The summed E-state index contributed by atoms with van der Waals surface area (Å²) < 4.78 is 5.48. The molecule has 1 N–H and O–H groups in total. The van der Waals surface area contributed by atoms with Gasteiger partial charge < -0.3 is 10.1 Å². The van der Waals surface area contributed by atoms with E-state index in [1.807, 2.05) is 6.07 Å². The number of ether oxygens (including phenoxy) is 1. The maximum Gasteiger partial charge on any atom is 0.251 e. The van der Waals surface area contributed by atoms with Crippen LogP contribution in [0.2, 0.25) is 0 Å². The van der Waals surface area contributed by atoms with Gasteiger partial charge in [0, 0.05) is 25.3 Å². The van der Waals surface area contributed by atoms with Crippen molar-refractivity contribution >= 4 is 5.91 Å². The monoisotopic (exact) mass is 289 g/mol. The van der Waals surface area contributed by atoms with E-state index in [0.717, 1.165) is 50.9 Å². The summed E-state index contributed by atoms with van der Waals surface area (Å²) in [6.45, 7) is 4.39. The number of benzene rings is 1. The Morgan fingerprint density at radius 1 is 1.14 bits per heavy atom. The van der Waals surface area contributed by atoms with Crippen molar-refractivity contribution in [1.82, 2.24) is 5.32 Å². The second-order valence-corrected chi connectivity index (χ2v) is 5.77. The Kier molecular flexibility index (Phi) is 6.74. The molecule has 1 aliphatic rings. The second-order valence-electron chi connectivity index (χ2n) is 5.77. The van der Waals surface area contributed by atoms with Gasteiger partial charge in [-0.15, -0.1) is 0 Å². The van der Waals surface area contributed by atoms with E-state index in [0.29, 0.717) is 6.54 Å². The quantitative estimate of drug-likeness (QED) is 0.744. The normalized spacial score (nSPS) is 13.8. The van der Waals surface area contributed by atoms with E-state index >= 15 is 0 Å². The molecular formula is C18H27NO2. The molecular weight excluding hydrogens is 262 g/mol. The van der Waals surface area contributed by atoms with E-state index < -0.39 is 0 Å². The van der Waals surface area contributed by atoms with Gasteiger partial charge in [0.2, 0.25) is 0 Å². The third-order valence-corrected chi connectivity index (χ3v) is 4.00. The summed E-state index contributed by atoms with van der Waals surface area (Å²) in [6, 6.07) is 6.15. The molecule has 0 bridgehead atoms. The van der Waals surface area contributed by atoms with Gasteiger partial charge >= 0.3 is 0 Å². The van der Waals surface area contributed by atoms with Crippen molar-refractivity contribution in [3.63, 3.8) is 0 Å². The largest absolute Gasteiger partial charge is 0.381 e. The van der Waals surface area contributed by atoms with Crippen LogP contribution in [0.4, 0.5) is 0 Å². The van der Waals surface area contributed by atoms with Gasteiger partial charge in [0.25, 0.3) is 5.91 Å². The fraction of sp³-hybridized carbons (Fsp3) is 0.611. The van der Waals surface area contributed by atoms with E-state index in [-0.39, 0.29) is 5.91 Å². The molecule has 3 nitrogen and oxygen atoms in total. The Labute approximate surface area is 128 Å². The van der Waals surface area contributed by atoms with Gasteiger partial charge in [-0.2, -0.15) is 0 Å². The van der Waals surface area contributed by atoms with Crippen molar-refractivity contribution in [3.8, 4) is 0 Å². The van der Waals surface area contributed by atoms with Gasteiger partial charge in [0.1, 0.15) is 0 Å². The third-order valence-electron chi connectivity index (χ3n) is 4.00. The number of hydrogen-bond donors (Lipinski definition) is 1. The van der Waals surface area contributed by atoms with Crippen LogP contribution < -0.4 is 5.32 Å². The number of rotatable bonds is 8. The third kappa shape index (κ3) is 5.16.